The molecule has 0 aliphatic carbocycles. The van der Waals surface area contributed by atoms with Gasteiger partial charge in [-0.05, 0) is 31.2 Å². The maximum Gasteiger partial charge on any atom is 0.102 e. The highest BCUT2D eigenvalue weighted by molar-refractivity contribution is 5.44. The highest BCUT2D eigenvalue weighted by atomic mass is 15.5. The van der Waals surface area contributed by atoms with E-state index in [0.717, 1.165) is 17.1 Å². The number of hydrogen-bond donors (Lipinski definition) is 1. The third-order valence-electron chi connectivity index (χ3n) is 3.05. The first kappa shape index (κ1) is 12.4. The van der Waals surface area contributed by atoms with E-state index in [0.29, 0.717) is 6.54 Å². The minimum absolute atomic E-state index is 0.663. The molecule has 0 atom stereocenters. The van der Waals surface area contributed by atoms with E-state index in [1.807, 2.05) is 30.3 Å². The van der Waals surface area contributed by atoms with Gasteiger partial charge in [0.15, 0.2) is 0 Å². The quantitative estimate of drug-likeness (QED) is 0.787. The SMILES string of the molecule is Cc1ccc(NCc2cnn(-c3ccccc3)n2)cc1. The van der Waals surface area contributed by atoms with Crippen LogP contribution in [0.15, 0.2) is 60.8 Å². The molecule has 100 valence electrons. The lowest BCUT2D eigenvalue weighted by molar-refractivity contribution is 0.740. The van der Waals surface area contributed by atoms with E-state index in [1.165, 1.54) is 5.56 Å². The maximum absolute atomic E-state index is 4.46. The zero-order valence-corrected chi connectivity index (χ0v) is 11.3. The van der Waals surface area contributed by atoms with Crippen molar-refractivity contribution in [3.63, 3.8) is 0 Å². The standard InChI is InChI=1S/C16H16N4/c1-13-7-9-14(10-8-13)17-11-15-12-18-20(19-15)16-5-3-2-4-6-16/h2-10,12,17H,11H2,1H3. The first-order valence-corrected chi connectivity index (χ1v) is 6.58. The van der Waals surface area contributed by atoms with Crippen molar-refractivity contribution in [2.45, 2.75) is 13.5 Å². The molecule has 20 heavy (non-hydrogen) atoms. The summed E-state index contributed by atoms with van der Waals surface area (Å²) in [5.74, 6) is 0. The maximum atomic E-state index is 4.46. The second-order valence-electron chi connectivity index (χ2n) is 4.68. The Hall–Kier alpha value is -2.62. The lowest BCUT2D eigenvalue weighted by Crippen LogP contribution is -2.02. The molecule has 0 unspecified atom stereocenters. The average Bonchev–Trinajstić information content (AvgIpc) is 2.97. The van der Waals surface area contributed by atoms with Gasteiger partial charge in [-0.3, -0.25) is 0 Å². The van der Waals surface area contributed by atoms with E-state index >= 15 is 0 Å². The van der Waals surface area contributed by atoms with Gasteiger partial charge in [0.05, 0.1) is 18.4 Å². The number of nitrogens with zero attached hydrogens (tertiary/aromatic N) is 3. The number of rotatable bonds is 4. The van der Waals surface area contributed by atoms with E-state index in [4.69, 9.17) is 0 Å². The summed E-state index contributed by atoms with van der Waals surface area (Å²) >= 11 is 0. The third-order valence-corrected chi connectivity index (χ3v) is 3.05. The van der Waals surface area contributed by atoms with E-state index in [2.05, 4.69) is 46.7 Å². The van der Waals surface area contributed by atoms with Gasteiger partial charge in [0, 0.05) is 5.69 Å². The Bertz CT molecular complexity index is 671. The number of aromatic nitrogens is 3. The topological polar surface area (TPSA) is 42.7 Å². The number of nitrogens with one attached hydrogen (secondary N) is 1. The predicted molar refractivity (Wildman–Crippen MR) is 79.9 cm³/mol. The zero-order chi connectivity index (χ0) is 13.8. The summed E-state index contributed by atoms with van der Waals surface area (Å²) in [4.78, 5) is 1.64. The molecule has 0 saturated heterocycles. The molecule has 4 heteroatoms. The van der Waals surface area contributed by atoms with Gasteiger partial charge in [-0.25, -0.2) is 0 Å². The van der Waals surface area contributed by atoms with Crippen molar-refractivity contribution in [1.82, 2.24) is 15.0 Å². The molecule has 0 amide bonds. The molecule has 0 bridgehead atoms. The molecule has 0 aliphatic rings. The number of benzene rings is 2. The Kier molecular flexibility index (Phi) is 3.46. The van der Waals surface area contributed by atoms with Gasteiger partial charge in [0.25, 0.3) is 0 Å². The molecule has 0 fully saturated rings. The van der Waals surface area contributed by atoms with Crippen molar-refractivity contribution in [3.8, 4) is 5.69 Å². The van der Waals surface area contributed by atoms with Gasteiger partial charge in [-0.2, -0.15) is 15.0 Å². The summed E-state index contributed by atoms with van der Waals surface area (Å²) in [5.41, 5.74) is 4.22. The van der Waals surface area contributed by atoms with Crippen LogP contribution in [0.2, 0.25) is 0 Å². The minimum atomic E-state index is 0.663. The molecule has 0 saturated carbocycles. The molecule has 0 aliphatic heterocycles. The molecule has 0 spiro atoms. The van der Waals surface area contributed by atoms with Crippen LogP contribution in [0.4, 0.5) is 5.69 Å². The summed E-state index contributed by atoms with van der Waals surface area (Å²) in [6, 6.07) is 18.2. The molecule has 4 nitrogen and oxygen atoms in total. The first-order valence-electron chi connectivity index (χ1n) is 6.58. The van der Waals surface area contributed by atoms with E-state index in [1.54, 1.807) is 11.0 Å². The summed E-state index contributed by atoms with van der Waals surface area (Å²) < 4.78 is 0. The van der Waals surface area contributed by atoms with Crippen molar-refractivity contribution in [1.29, 1.82) is 0 Å². The van der Waals surface area contributed by atoms with Gasteiger partial charge in [-0.15, -0.1) is 0 Å². The Labute approximate surface area is 118 Å². The van der Waals surface area contributed by atoms with E-state index in [9.17, 15) is 0 Å². The highest BCUT2D eigenvalue weighted by Crippen LogP contribution is 2.10. The Balaban J connectivity index is 1.67. The molecule has 0 radical (unpaired) electrons. The van der Waals surface area contributed by atoms with Crippen LogP contribution in [0.25, 0.3) is 5.69 Å². The Morgan fingerprint density at radius 2 is 1.75 bits per heavy atom. The first-order chi connectivity index (χ1) is 9.81. The molecule has 1 aromatic heterocycles. The molecular weight excluding hydrogens is 248 g/mol. The molecular formula is C16H16N4. The molecule has 3 rings (SSSR count). The summed E-state index contributed by atoms with van der Waals surface area (Å²) in [5, 5.41) is 12.1. The van der Waals surface area contributed by atoms with Crippen LogP contribution in [0.5, 0.6) is 0 Å². The molecule has 1 N–H and O–H groups in total. The normalized spacial score (nSPS) is 10.4. The Morgan fingerprint density at radius 3 is 2.50 bits per heavy atom. The van der Waals surface area contributed by atoms with Gasteiger partial charge in [-0.1, -0.05) is 35.9 Å². The second-order valence-corrected chi connectivity index (χ2v) is 4.68. The lowest BCUT2D eigenvalue weighted by Gasteiger charge is -2.04. The van der Waals surface area contributed by atoms with E-state index in [-0.39, 0.29) is 0 Å². The summed E-state index contributed by atoms with van der Waals surface area (Å²) in [6.07, 6.45) is 1.79. The highest BCUT2D eigenvalue weighted by Gasteiger charge is 2.02. The largest absolute Gasteiger partial charge is 0.379 e. The summed E-state index contributed by atoms with van der Waals surface area (Å²) in [7, 11) is 0. The van der Waals surface area contributed by atoms with Crippen LogP contribution < -0.4 is 5.32 Å². The molecule has 1 heterocycles. The van der Waals surface area contributed by atoms with Gasteiger partial charge in [0.1, 0.15) is 5.69 Å². The minimum Gasteiger partial charge on any atom is -0.379 e. The predicted octanol–water partition coefficient (Wildman–Crippen LogP) is 3.19. The number of hydrogen-bond acceptors (Lipinski definition) is 3. The summed E-state index contributed by atoms with van der Waals surface area (Å²) in [6.45, 7) is 2.74. The van der Waals surface area contributed by atoms with Crippen molar-refractivity contribution < 1.29 is 0 Å². The van der Waals surface area contributed by atoms with Crippen LogP contribution in [0, 0.1) is 6.92 Å². The van der Waals surface area contributed by atoms with Crippen LogP contribution in [0.1, 0.15) is 11.3 Å². The third kappa shape index (κ3) is 2.85. The van der Waals surface area contributed by atoms with Gasteiger partial charge in [0.2, 0.25) is 0 Å². The van der Waals surface area contributed by atoms with Crippen molar-refractivity contribution in [3.05, 3.63) is 72.1 Å². The smallest absolute Gasteiger partial charge is 0.102 e. The van der Waals surface area contributed by atoms with Crippen LogP contribution in [-0.2, 0) is 6.54 Å². The zero-order valence-electron chi connectivity index (χ0n) is 11.3. The van der Waals surface area contributed by atoms with Gasteiger partial charge < -0.3 is 5.32 Å². The lowest BCUT2D eigenvalue weighted by atomic mass is 10.2. The van der Waals surface area contributed by atoms with Crippen molar-refractivity contribution in [2.75, 3.05) is 5.32 Å². The Morgan fingerprint density at radius 1 is 1.00 bits per heavy atom. The van der Waals surface area contributed by atoms with E-state index < -0.39 is 0 Å². The van der Waals surface area contributed by atoms with Crippen molar-refractivity contribution in [2.24, 2.45) is 0 Å². The fourth-order valence-electron chi connectivity index (χ4n) is 1.93. The fraction of sp³-hybridized carbons (Fsp3) is 0.125. The number of aryl methyl sites for hydroxylation is 1. The van der Waals surface area contributed by atoms with Crippen LogP contribution in [-0.4, -0.2) is 15.0 Å². The van der Waals surface area contributed by atoms with Crippen LogP contribution >= 0.6 is 0 Å². The van der Waals surface area contributed by atoms with Gasteiger partial charge >= 0.3 is 0 Å². The van der Waals surface area contributed by atoms with Crippen molar-refractivity contribution >= 4 is 5.69 Å². The number of para-hydroxylation sites is 1. The second kappa shape index (κ2) is 5.57. The monoisotopic (exact) mass is 264 g/mol. The molecule has 3 aromatic rings. The average molecular weight is 264 g/mol. The molecule has 2 aromatic carbocycles. The number of anilines is 1. The fourth-order valence-corrected chi connectivity index (χ4v) is 1.93. The van der Waals surface area contributed by atoms with Crippen LogP contribution in [0.3, 0.4) is 0 Å².